The minimum absolute atomic E-state index is 0.183. The van der Waals surface area contributed by atoms with Gasteiger partial charge in [0.05, 0.1) is 23.0 Å². The van der Waals surface area contributed by atoms with Gasteiger partial charge >= 0.3 is 5.97 Å². The summed E-state index contributed by atoms with van der Waals surface area (Å²) in [5, 5.41) is 0. The van der Waals surface area contributed by atoms with Gasteiger partial charge in [0.15, 0.2) is 16.3 Å². The van der Waals surface area contributed by atoms with Crippen LogP contribution in [0.1, 0.15) is 31.2 Å². The van der Waals surface area contributed by atoms with Crippen molar-refractivity contribution in [3.8, 4) is 11.5 Å². The third kappa shape index (κ3) is 3.27. The van der Waals surface area contributed by atoms with E-state index in [1.54, 1.807) is 38.1 Å². The van der Waals surface area contributed by atoms with Crippen molar-refractivity contribution in [2.24, 2.45) is 4.99 Å². The third-order valence-corrected chi connectivity index (χ3v) is 6.03. The molecule has 0 saturated carbocycles. The van der Waals surface area contributed by atoms with Crippen molar-refractivity contribution in [2.75, 3.05) is 13.4 Å². The van der Waals surface area contributed by atoms with Gasteiger partial charge in [0.25, 0.3) is 5.56 Å². The Labute approximate surface area is 180 Å². The van der Waals surface area contributed by atoms with Crippen molar-refractivity contribution >= 4 is 29.1 Å². The van der Waals surface area contributed by atoms with Crippen LogP contribution in [0.4, 0.5) is 0 Å². The summed E-state index contributed by atoms with van der Waals surface area (Å²) in [5.74, 6) is 1.30. The second-order valence-corrected chi connectivity index (χ2v) is 7.92. The minimum atomic E-state index is -0.675. The summed E-state index contributed by atoms with van der Waals surface area (Å²) in [4.78, 5) is 31.1. The predicted octanol–water partition coefficient (Wildman–Crippen LogP) is 2.23. The Balaban J connectivity index is 1.68. The van der Waals surface area contributed by atoms with E-state index in [1.165, 1.54) is 22.2 Å². The van der Waals surface area contributed by atoms with E-state index >= 15 is 0 Å². The molecule has 0 N–H and O–H groups in total. The summed E-state index contributed by atoms with van der Waals surface area (Å²) in [5.41, 5.74) is 1.32. The zero-order valence-corrected chi connectivity index (χ0v) is 17.6. The highest BCUT2D eigenvalue weighted by molar-refractivity contribution is 7.07. The van der Waals surface area contributed by atoms with Crippen LogP contribution in [0.3, 0.4) is 0 Å². The number of carbonyl (C=O) groups is 1. The normalized spacial score (nSPS) is 17.5. The molecule has 3 aromatic rings. The van der Waals surface area contributed by atoms with Crippen LogP contribution in [0.25, 0.3) is 11.8 Å². The number of hydrogen-bond acceptors (Lipinski definition) is 8. The van der Waals surface area contributed by atoms with E-state index in [1.807, 2.05) is 12.1 Å². The Bertz CT molecular complexity index is 1380. The van der Waals surface area contributed by atoms with Crippen molar-refractivity contribution in [1.29, 1.82) is 0 Å². The van der Waals surface area contributed by atoms with E-state index in [-0.39, 0.29) is 19.0 Å². The van der Waals surface area contributed by atoms with Crippen LogP contribution in [0.15, 0.2) is 56.4 Å². The maximum atomic E-state index is 13.2. The molecule has 8 nitrogen and oxygen atoms in total. The monoisotopic (exact) mass is 438 g/mol. The van der Waals surface area contributed by atoms with Crippen LogP contribution in [0.2, 0.25) is 0 Å². The van der Waals surface area contributed by atoms with Gasteiger partial charge in [0.2, 0.25) is 6.79 Å². The van der Waals surface area contributed by atoms with Crippen LogP contribution in [0.5, 0.6) is 11.5 Å². The predicted molar refractivity (Wildman–Crippen MR) is 112 cm³/mol. The molecular weight excluding hydrogens is 420 g/mol. The lowest BCUT2D eigenvalue weighted by molar-refractivity contribution is -0.138. The molecular formula is C22H18N2O6S. The number of esters is 1. The summed E-state index contributed by atoms with van der Waals surface area (Å²) in [7, 11) is 0. The number of carbonyl (C=O) groups excluding carboxylic acids is 1. The SMILES string of the molecule is CCOC(=O)C1=C(C)n2c(s/c(=C\c3ccc4c(c3)OCO4)c2=O)=N[C@H]1c1ccco1. The van der Waals surface area contributed by atoms with E-state index in [0.717, 1.165) is 5.56 Å². The summed E-state index contributed by atoms with van der Waals surface area (Å²) < 4.78 is 23.4. The van der Waals surface area contributed by atoms with Crippen LogP contribution < -0.4 is 24.4 Å². The number of thiazole rings is 1. The molecule has 0 unspecified atom stereocenters. The Kier molecular flexibility index (Phi) is 4.74. The molecule has 1 atom stereocenters. The smallest absolute Gasteiger partial charge is 0.338 e. The highest BCUT2D eigenvalue weighted by Crippen LogP contribution is 2.33. The average Bonchev–Trinajstić information content (AvgIpc) is 3.49. The quantitative estimate of drug-likeness (QED) is 0.580. The lowest BCUT2D eigenvalue weighted by atomic mass is 10.0. The Morgan fingerprint density at radius 2 is 2.16 bits per heavy atom. The second-order valence-electron chi connectivity index (χ2n) is 6.91. The first kappa shape index (κ1) is 19.4. The number of rotatable bonds is 4. The molecule has 5 rings (SSSR count). The van der Waals surface area contributed by atoms with E-state index in [9.17, 15) is 9.59 Å². The molecule has 0 fully saturated rings. The maximum Gasteiger partial charge on any atom is 0.338 e. The fraction of sp³-hybridized carbons (Fsp3) is 0.227. The van der Waals surface area contributed by atoms with E-state index in [2.05, 4.69) is 4.99 Å². The number of hydrogen-bond donors (Lipinski definition) is 0. The standard InChI is InChI=1S/C22H18N2O6S/c1-3-27-21(26)18-12(2)24-20(25)17(10-13-6-7-14-16(9-13)30-11-29-14)31-22(24)23-19(18)15-5-4-8-28-15/h4-10,19H,3,11H2,1-2H3/b17-10-/t19-/m0/s1. The van der Waals surface area contributed by atoms with Gasteiger partial charge in [-0.3, -0.25) is 9.36 Å². The number of nitrogens with zero attached hydrogens (tertiary/aromatic N) is 2. The first-order chi connectivity index (χ1) is 15.1. The highest BCUT2D eigenvalue weighted by atomic mass is 32.1. The lowest BCUT2D eigenvalue weighted by Crippen LogP contribution is -2.35. The maximum absolute atomic E-state index is 13.2. The van der Waals surface area contributed by atoms with Crippen LogP contribution in [-0.4, -0.2) is 23.9 Å². The molecule has 0 saturated heterocycles. The first-order valence-electron chi connectivity index (χ1n) is 9.69. The summed E-state index contributed by atoms with van der Waals surface area (Å²) in [6, 6.07) is 8.29. The number of furan rings is 1. The summed E-state index contributed by atoms with van der Waals surface area (Å²) in [6.45, 7) is 3.85. The Morgan fingerprint density at radius 1 is 1.32 bits per heavy atom. The van der Waals surface area contributed by atoms with Crippen LogP contribution >= 0.6 is 11.3 Å². The van der Waals surface area contributed by atoms with Crippen LogP contribution in [0, 0.1) is 0 Å². The van der Waals surface area contributed by atoms with Crippen molar-refractivity contribution in [1.82, 2.24) is 4.57 Å². The molecule has 2 aliphatic rings. The molecule has 2 aromatic heterocycles. The third-order valence-electron chi connectivity index (χ3n) is 5.05. The molecule has 4 heterocycles. The van der Waals surface area contributed by atoms with Gasteiger partial charge in [-0.25, -0.2) is 9.79 Å². The van der Waals surface area contributed by atoms with E-state index in [0.29, 0.717) is 37.9 Å². The van der Waals surface area contributed by atoms with Gasteiger partial charge in [-0.2, -0.15) is 0 Å². The molecule has 0 spiro atoms. The molecule has 0 amide bonds. The molecule has 9 heteroatoms. The van der Waals surface area contributed by atoms with Gasteiger partial charge in [0.1, 0.15) is 11.8 Å². The second kappa shape index (κ2) is 7.59. The first-order valence-corrected chi connectivity index (χ1v) is 10.5. The number of allylic oxidation sites excluding steroid dienone is 1. The van der Waals surface area contributed by atoms with Crippen molar-refractivity contribution in [2.45, 2.75) is 19.9 Å². The summed E-state index contributed by atoms with van der Waals surface area (Å²) in [6.07, 6.45) is 3.30. The minimum Gasteiger partial charge on any atom is -0.467 e. The Morgan fingerprint density at radius 3 is 2.94 bits per heavy atom. The Hall–Kier alpha value is -3.59. The van der Waals surface area contributed by atoms with Gasteiger partial charge in [-0.05, 0) is 49.8 Å². The van der Waals surface area contributed by atoms with Gasteiger partial charge in [0, 0.05) is 5.70 Å². The number of ether oxygens (including phenoxy) is 3. The summed E-state index contributed by atoms with van der Waals surface area (Å²) >= 11 is 1.25. The fourth-order valence-electron chi connectivity index (χ4n) is 3.62. The molecule has 158 valence electrons. The molecule has 0 bridgehead atoms. The van der Waals surface area contributed by atoms with Crippen molar-refractivity contribution in [3.05, 3.63) is 73.2 Å². The molecule has 1 aromatic carbocycles. The lowest BCUT2D eigenvalue weighted by Gasteiger charge is -2.20. The number of fused-ring (bicyclic) bond motifs is 2. The number of aromatic nitrogens is 1. The van der Waals surface area contributed by atoms with E-state index in [4.69, 9.17) is 18.6 Å². The topological polar surface area (TPSA) is 92.3 Å². The molecule has 31 heavy (non-hydrogen) atoms. The van der Waals surface area contributed by atoms with Gasteiger partial charge in [-0.1, -0.05) is 17.4 Å². The van der Waals surface area contributed by atoms with Crippen molar-refractivity contribution in [3.63, 3.8) is 0 Å². The average molecular weight is 438 g/mol. The van der Waals surface area contributed by atoms with Crippen molar-refractivity contribution < 1.29 is 23.4 Å². The molecule has 2 aliphatic heterocycles. The highest BCUT2D eigenvalue weighted by Gasteiger charge is 2.32. The molecule has 0 radical (unpaired) electrons. The van der Waals surface area contributed by atoms with Crippen LogP contribution in [-0.2, 0) is 9.53 Å². The van der Waals surface area contributed by atoms with Gasteiger partial charge in [-0.15, -0.1) is 0 Å². The van der Waals surface area contributed by atoms with Gasteiger partial charge < -0.3 is 18.6 Å². The zero-order valence-electron chi connectivity index (χ0n) is 16.8. The fourth-order valence-corrected chi connectivity index (χ4v) is 4.66. The number of benzene rings is 1. The zero-order chi connectivity index (χ0) is 21.5. The largest absolute Gasteiger partial charge is 0.467 e. The molecule has 0 aliphatic carbocycles. The van der Waals surface area contributed by atoms with E-state index < -0.39 is 12.0 Å².